The van der Waals surface area contributed by atoms with Crippen LogP contribution in [0.3, 0.4) is 0 Å². The van der Waals surface area contributed by atoms with Crippen LogP contribution in [0.25, 0.3) is 0 Å². The molecule has 1 aliphatic rings. The van der Waals surface area contributed by atoms with Gasteiger partial charge >= 0.3 is 0 Å². The lowest BCUT2D eigenvalue weighted by Gasteiger charge is -2.26. The molecule has 0 spiro atoms. The first-order valence-electron chi connectivity index (χ1n) is 9.69. The van der Waals surface area contributed by atoms with Crippen molar-refractivity contribution in [3.05, 3.63) is 0 Å². The zero-order valence-electron chi connectivity index (χ0n) is 19.2. The monoisotopic (exact) mass is 389 g/mol. The Kier molecular flexibility index (Phi) is 17.5. The number of carbonyl (C=O) groups excluding carboxylic acids is 2. The molecule has 0 saturated carbocycles. The molecule has 1 N–H and O–H groups in total. The van der Waals surface area contributed by atoms with Gasteiger partial charge in [0.2, 0.25) is 5.91 Å². The number of carboxylic acid groups (broad SMARTS) is 1. The molecule has 162 valence electrons. The van der Waals surface area contributed by atoms with E-state index in [1.54, 1.807) is 0 Å². The van der Waals surface area contributed by atoms with Crippen molar-refractivity contribution < 1.29 is 24.2 Å². The van der Waals surface area contributed by atoms with Gasteiger partial charge in [0, 0.05) is 13.1 Å². The maximum Gasteiger partial charge on any atom is 0.290 e. The van der Waals surface area contributed by atoms with Gasteiger partial charge in [-0.15, -0.1) is 0 Å². The van der Waals surface area contributed by atoms with Crippen molar-refractivity contribution in [1.29, 1.82) is 0 Å². The Hall–Kier alpha value is -1.43. The summed E-state index contributed by atoms with van der Waals surface area (Å²) in [4.78, 5) is 31.4. The van der Waals surface area contributed by atoms with Gasteiger partial charge < -0.3 is 19.5 Å². The van der Waals surface area contributed by atoms with Crippen molar-refractivity contribution in [2.45, 2.75) is 93.8 Å². The Balaban J connectivity index is -0.000000540. The molecular weight excluding hydrogens is 346 g/mol. The Morgan fingerprint density at radius 1 is 1.30 bits per heavy atom. The molecule has 1 amide bonds. The molecule has 1 fully saturated rings. The number of rotatable bonds is 3. The molecule has 27 heavy (non-hydrogen) atoms. The number of aldehydes is 1. The fourth-order valence-corrected chi connectivity index (χ4v) is 2.50. The Labute approximate surface area is 166 Å². The van der Waals surface area contributed by atoms with E-state index in [2.05, 4.69) is 34.6 Å². The minimum absolute atomic E-state index is 0.0171. The van der Waals surface area contributed by atoms with E-state index < -0.39 is 0 Å². The summed E-state index contributed by atoms with van der Waals surface area (Å²) >= 11 is 0. The molecular formula is C21H43NO5. The van der Waals surface area contributed by atoms with E-state index in [9.17, 15) is 4.79 Å². The number of nitrogens with zero attached hydrogens (tertiary/aromatic N) is 1. The van der Waals surface area contributed by atoms with Crippen molar-refractivity contribution in [3.8, 4) is 0 Å². The minimum atomic E-state index is -0.250. The van der Waals surface area contributed by atoms with Gasteiger partial charge in [0.15, 0.2) is 0 Å². The molecule has 0 radical (unpaired) electrons. The average molecular weight is 390 g/mol. The second kappa shape index (κ2) is 15.6. The van der Waals surface area contributed by atoms with Gasteiger partial charge in [-0.05, 0) is 46.0 Å². The average Bonchev–Trinajstić information content (AvgIpc) is 2.73. The number of hydrogen-bond donors (Lipinski definition) is 1. The highest BCUT2D eigenvalue weighted by atomic mass is 16.5. The van der Waals surface area contributed by atoms with Crippen molar-refractivity contribution in [2.24, 2.45) is 11.3 Å². The molecule has 0 aliphatic carbocycles. The van der Waals surface area contributed by atoms with Gasteiger partial charge in [0.05, 0.1) is 18.1 Å². The summed E-state index contributed by atoms with van der Waals surface area (Å²) < 4.78 is 5.80. The number of hydrogen-bond acceptors (Lipinski definition) is 4. The molecule has 0 aromatic heterocycles. The molecule has 2 atom stereocenters. The van der Waals surface area contributed by atoms with Gasteiger partial charge in [-0.1, -0.05) is 41.0 Å². The first-order chi connectivity index (χ1) is 12.3. The van der Waals surface area contributed by atoms with E-state index in [0.29, 0.717) is 12.3 Å². The second-order valence-electron chi connectivity index (χ2n) is 8.46. The first-order valence-corrected chi connectivity index (χ1v) is 9.69. The molecule has 1 aliphatic heterocycles. The van der Waals surface area contributed by atoms with Crippen LogP contribution in [0.2, 0.25) is 0 Å². The topological polar surface area (TPSA) is 83.9 Å². The van der Waals surface area contributed by atoms with Gasteiger partial charge in [0.1, 0.15) is 6.29 Å². The fourth-order valence-electron chi connectivity index (χ4n) is 2.50. The SMILES string of the molecule is CC1CN(C(=O)C[C@@H](C)OC(C)(C)C)CC1(C)C.CC=O.CCC.O=CO. The molecule has 1 unspecified atom stereocenters. The molecule has 0 bridgehead atoms. The molecule has 1 saturated heterocycles. The van der Waals surface area contributed by atoms with Crippen LogP contribution in [0.5, 0.6) is 0 Å². The molecule has 6 nitrogen and oxygen atoms in total. The van der Waals surface area contributed by atoms with E-state index in [1.165, 1.54) is 13.3 Å². The smallest absolute Gasteiger partial charge is 0.290 e. The Morgan fingerprint density at radius 2 is 1.67 bits per heavy atom. The van der Waals surface area contributed by atoms with Crippen LogP contribution >= 0.6 is 0 Å². The fraction of sp³-hybridized carbons (Fsp3) is 0.857. The van der Waals surface area contributed by atoms with Gasteiger partial charge in [-0.3, -0.25) is 9.59 Å². The summed E-state index contributed by atoms with van der Waals surface area (Å²) in [7, 11) is 0. The summed E-state index contributed by atoms with van der Waals surface area (Å²) in [5, 5.41) is 6.89. The van der Waals surface area contributed by atoms with Crippen molar-refractivity contribution in [2.75, 3.05) is 13.1 Å². The van der Waals surface area contributed by atoms with Gasteiger partial charge in [-0.25, -0.2) is 0 Å². The third kappa shape index (κ3) is 17.7. The zero-order chi connectivity index (χ0) is 22.3. The summed E-state index contributed by atoms with van der Waals surface area (Å²) in [5.41, 5.74) is 0.0566. The Morgan fingerprint density at radius 3 is 1.93 bits per heavy atom. The van der Waals surface area contributed by atoms with E-state index in [0.717, 1.165) is 19.4 Å². The summed E-state index contributed by atoms with van der Waals surface area (Å²) in [6.07, 6.45) is 2.47. The summed E-state index contributed by atoms with van der Waals surface area (Å²) in [5.74, 6) is 0.796. The van der Waals surface area contributed by atoms with Crippen LogP contribution in [0.15, 0.2) is 0 Å². The predicted molar refractivity (Wildman–Crippen MR) is 111 cm³/mol. The van der Waals surface area contributed by atoms with Gasteiger partial charge in [-0.2, -0.15) is 0 Å². The maximum atomic E-state index is 12.2. The zero-order valence-corrected chi connectivity index (χ0v) is 19.2. The van der Waals surface area contributed by atoms with Crippen LogP contribution in [0.1, 0.15) is 82.1 Å². The lowest BCUT2D eigenvalue weighted by Crippen LogP contribution is -2.35. The highest BCUT2D eigenvalue weighted by molar-refractivity contribution is 5.77. The molecule has 0 aromatic rings. The number of ether oxygens (including phenoxy) is 1. The largest absolute Gasteiger partial charge is 0.483 e. The van der Waals surface area contributed by atoms with Gasteiger partial charge in [0.25, 0.3) is 6.47 Å². The number of carbonyl (C=O) groups is 3. The molecule has 1 rings (SSSR count). The van der Waals surface area contributed by atoms with E-state index in [4.69, 9.17) is 19.4 Å². The highest BCUT2D eigenvalue weighted by Gasteiger charge is 2.38. The predicted octanol–water partition coefficient (Wildman–Crippen LogP) is 4.41. The standard InChI is InChI=1S/C15H29NO2.C3H8.C2H4O.CH2O2/c1-11-9-16(10-15(11,6)7)13(17)8-12(2)18-14(3,4)5;1-3-2;1-2-3;2-1-3/h11-12H,8-10H2,1-7H3;3H2,1-2H3;2H,1H3;1H,(H,2,3)/t11?,12-;;;/m1.../s1. The molecule has 0 aromatic carbocycles. The quantitative estimate of drug-likeness (QED) is 0.723. The van der Waals surface area contributed by atoms with Crippen LogP contribution in [-0.2, 0) is 19.1 Å². The molecule has 1 heterocycles. The lowest BCUT2D eigenvalue weighted by atomic mass is 9.84. The molecule has 6 heteroatoms. The van der Waals surface area contributed by atoms with E-state index in [-0.39, 0.29) is 29.5 Å². The van der Waals surface area contributed by atoms with Crippen LogP contribution in [-0.4, -0.2) is 53.5 Å². The van der Waals surface area contributed by atoms with Crippen molar-refractivity contribution >= 4 is 18.7 Å². The van der Waals surface area contributed by atoms with Crippen molar-refractivity contribution in [1.82, 2.24) is 4.90 Å². The van der Waals surface area contributed by atoms with Crippen molar-refractivity contribution in [3.63, 3.8) is 0 Å². The third-order valence-corrected chi connectivity index (χ3v) is 3.80. The summed E-state index contributed by atoms with van der Waals surface area (Å²) in [6, 6.07) is 0. The van der Waals surface area contributed by atoms with Crippen LogP contribution in [0.4, 0.5) is 0 Å². The van der Waals surface area contributed by atoms with Crippen LogP contribution < -0.4 is 0 Å². The highest BCUT2D eigenvalue weighted by Crippen LogP contribution is 2.35. The minimum Gasteiger partial charge on any atom is -0.483 e. The Bertz CT molecular complexity index is 396. The second-order valence-corrected chi connectivity index (χ2v) is 8.46. The van der Waals surface area contributed by atoms with Crippen LogP contribution in [0, 0.1) is 11.3 Å². The number of amides is 1. The van der Waals surface area contributed by atoms with E-state index in [1.807, 2.05) is 32.6 Å². The lowest BCUT2D eigenvalue weighted by molar-refractivity contribution is -0.136. The normalized spacial score (nSPS) is 18.4. The number of likely N-dealkylation sites (tertiary alicyclic amines) is 1. The first kappa shape index (κ1) is 30.3. The van der Waals surface area contributed by atoms with E-state index >= 15 is 0 Å². The summed E-state index contributed by atoms with van der Waals surface area (Å²) in [6.45, 7) is 21.9. The maximum absolute atomic E-state index is 12.2. The third-order valence-electron chi connectivity index (χ3n) is 3.80.